The Morgan fingerprint density at radius 1 is 0.900 bits per heavy atom. The molecule has 0 saturated carbocycles. The van der Waals surface area contributed by atoms with E-state index in [9.17, 15) is 9.59 Å². The Kier molecular flexibility index (Phi) is 7.85. The number of carbonyl (C=O) groups excluding carboxylic acids is 2. The van der Waals surface area contributed by atoms with Crippen molar-refractivity contribution in [3.63, 3.8) is 0 Å². The third kappa shape index (κ3) is 6.07. The number of furan rings is 1. The average molecular weight is 469 g/mol. The van der Waals surface area contributed by atoms with Gasteiger partial charge in [-0.25, -0.2) is 0 Å². The van der Waals surface area contributed by atoms with Crippen LogP contribution >= 0.6 is 15.9 Å². The van der Waals surface area contributed by atoms with Crippen LogP contribution in [-0.4, -0.2) is 34.7 Å². The molecule has 0 aliphatic carbocycles. The summed E-state index contributed by atoms with van der Waals surface area (Å²) in [7, 11) is 0. The molecular formula is C24H25BrN2O3. The van der Waals surface area contributed by atoms with Crippen LogP contribution in [0.1, 0.15) is 35.0 Å². The van der Waals surface area contributed by atoms with Gasteiger partial charge in [0, 0.05) is 23.1 Å². The Bertz CT molecular complexity index is 940. The zero-order chi connectivity index (χ0) is 21.3. The molecule has 0 fully saturated rings. The molecule has 0 aliphatic rings. The fourth-order valence-electron chi connectivity index (χ4n) is 3.19. The third-order valence-electron chi connectivity index (χ3n) is 4.69. The van der Waals surface area contributed by atoms with Crippen LogP contribution in [0.2, 0.25) is 0 Å². The van der Waals surface area contributed by atoms with Gasteiger partial charge in [0.15, 0.2) is 0 Å². The summed E-state index contributed by atoms with van der Waals surface area (Å²) in [6, 6.07) is 20.7. The zero-order valence-electron chi connectivity index (χ0n) is 17.0. The first-order valence-electron chi connectivity index (χ1n) is 9.95. The van der Waals surface area contributed by atoms with Crippen LogP contribution in [0.5, 0.6) is 0 Å². The zero-order valence-corrected chi connectivity index (χ0v) is 18.5. The highest BCUT2D eigenvalue weighted by Gasteiger charge is 2.23. The summed E-state index contributed by atoms with van der Waals surface area (Å²) < 4.78 is 6.36. The molecule has 0 N–H and O–H groups in total. The van der Waals surface area contributed by atoms with Crippen molar-refractivity contribution in [2.24, 2.45) is 0 Å². The van der Waals surface area contributed by atoms with Crippen LogP contribution in [0.4, 0.5) is 0 Å². The molecule has 0 spiro atoms. The molecular weight excluding hydrogens is 444 g/mol. The Morgan fingerprint density at radius 3 is 2.27 bits per heavy atom. The van der Waals surface area contributed by atoms with Crippen molar-refractivity contribution >= 4 is 27.7 Å². The van der Waals surface area contributed by atoms with E-state index in [0.717, 1.165) is 16.5 Å². The number of halogens is 1. The molecule has 3 rings (SSSR count). The van der Waals surface area contributed by atoms with Gasteiger partial charge in [-0.15, -0.1) is 0 Å². The van der Waals surface area contributed by atoms with E-state index in [1.165, 1.54) is 0 Å². The monoisotopic (exact) mass is 468 g/mol. The first kappa shape index (κ1) is 21.8. The number of hydrogen-bond donors (Lipinski definition) is 0. The maximum atomic E-state index is 13.2. The summed E-state index contributed by atoms with van der Waals surface area (Å²) >= 11 is 3.39. The summed E-state index contributed by atoms with van der Waals surface area (Å²) in [5, 5.41) is 0. The van der Waals surface area contributed by atoms with E-state index in [0.29, 0.717) is 31.0 Å². The first-order valence-corrected chi connectivity index (χ1v) is 10.7. The lowest BCUT2D eigenvalue weighted by Gasteiger charge is -2.27. The topological polar surface area (TPSA) is 53.8 Å². The van der Waals surface area contributed by atoms with Crippen LogP contribution in [0.15, 0.2) is 81.9 Å². The Labute approximate surface area is 185 Å². The van der Waals surface area contributed by atoms with Crippen molar-refractivity contribution in [1.82, 2.24) is 9.80 Å². The van der Waals surface area contributed by atoms with Gasteiger partial charge < -0.3 is 14.2 Å². The predicted octanol–water partition coefficient (Wildman–Crippen LogP) is 5.12. The van der Waals surface area contributed by atoms with Crippen LogP contribution in [-0.2, 0) is 17.9 Å². The minimum Gasteiger partial charge on any atom is -0.467 e. The average Bonchev–Trinajstić information content (AvgIpc) is 3.27. The summed E-state index contributed by atoms with van der Waals surface area (Å²) in [6.07, 6.45) is 2.37. The highest BCUT2D eigenvalue weighted by Crippen LogP contribution is 2.15. The van der Waals surface area contributed by atoms with Crippen molar-refractivity contribution < 1.29 is 14.0 Å². The SMILES string of the molecule is CCCN(CC(=O)N(Cc1ccccc1)Cc1ccco1)C(=O)c1ccc(Br)cc1. The van der Waals surface area contributed by atoms with Crippen molar-refractivity contribution in [1.29, 1.82) is 0 Å². The predicted molar refractivity (Wildman–Crippen MR) is 120 cm³/mol. The quantitative estimate of drug-likeness (QED) is 0.437. The lowest BCUT2D eigenvalue weighted by Crippen LogP contribution is -2.42. The Hall–Kier alpha value is -2.86. The third-order valence-corrected chi connectivity index (χ3v) is 5.22. The van der Waals surface area contributed by atoms with Crippen LogP contribution in [0.25, 0.3) is 0 Å². The lowest BCUT2D eigenvalue weighted by atomic mass is 10.2. The molecule has 2 amide bonds. The molecule has 30 heavy (non-hydrogen) atoms. The largest absolute Gasteiger partial charge is 0.467 e. The molecule has 0 saturated heterocycles. The van der Waals surface area contributed by atoms with Gasteiger partial charge in [-0.1, -0.05) is 53.2 Å². The number of rotatable bonds is 9. The van der Waals surface area contributed by atoms with Gasteiger partial charge in [0.25, 0.3) is 5.91 Å². The first-order chi connectivity index (χ1) is 14.6. The van der Waals surface area contributed by atoms with Crippen LogP contribution in [0.3, 0.4) is 0 Å². The number of amides is 2. The molecule has 5 nitrogen and oxygen atoms in total. The summed E-state index contributed by atoms with van der Waals surface area (Å²) in [6.45, 7) is 3.34. The Morgan fingerprint density at radius 2 is 1.63 bits per heavy atom. The van der Waals surface area contributed by atoms with E-state index in [1.54, 1.807) is 34.3 Å². The van der Waals surface area contributed by atoms with E-state index in [-0.39, 0.29) is 18.4 Å². The standard InChI is InChI=1S/C24H25BrN2O3/c1-2-14-26(24(29)20-10-12-21(25)13-11-20)18-23(28)27(17-22-9-6-15-30-22)16-19-7-4-3-5-8-19/h3-13,15H,2,14,16-18H2,1H3. The molecule has 6 heteroatoms. The summed E-state index contributed by atoms with van der Waals surface area (Å²) in [4.78, 5) is 29.6. The number of hydrogen-bond acceptors (Lipinski definition) is 3. The maximum absolute atomic E-state index is 13.2. The van der Waals surface area contributed by atoms with Gasteiger partial charge >= 0.3 is 0 Å². The smallest absolute Gasteiger partial charge is 0.254 e. The molecule has 156 valence electrons. The van der Waals surface area contributed by atoms with Gasteiger partial charge in [-0.05, 0) is 48.4 Å². The van der Waals surface area contributed by atoms with Gasteiger partial charge in [0.2, 0.25) is 5.91 Å². The van der Waals surface area contributed by atoms with E-state index < -0.39 is 0 Å². The van der Waals surface area contributed by atoms with E-state index in [2.05, 4.69) is 15.9 Å². The number of benzene rings is 2. The van der Waals surface area contributed by atoms with Gasteiger partial charge in [-0.2, -0.15) is 0 Å². The summed E-state index contributed by atoms with van der Waals surface area (Å²) in [5.41, 5.74) is 1.60. The second kappa shape index (κ2) is 10.8. The van der Waals surface area contributed by atoms with Crippen molar-refractivity contribution in [2.75, 3.05) is 13.1 Å². The fraction of sp³-hybridized carbons (Fsp3) is 0.250. The van der Waals surface area contributed by atoms with E-state index in [1.807, 2.05) is 55.5 Å². The normalized spacial score (nSPS) is 10.6. The van der Waals surface area contributed by atoms with Crippen molar-refractivity contribution in [3.8, 4) is 0 Å². The van der Waals surface area contributed by atoms with Crippen LogP contribution in [0, 0.1) is 0 Å². The summed E-state index contributed by atoms with van der Waals surface area (Å²) in [5.74, 6) is 0.449. The molecule has 0 atom stereocenters. The molecule has 0 unspecified atom stereocenters. The second-order valence-electron chi connectivity index (χ2n) is 7.05. The molecule has 1 aromatic heterocycles. The van der Waals surface area contributed by atoms with E-state index >= 15 is 0 Å². The molecule has 0 bridgehead atoms. The number of nitrogens with zero attached hydrogens (tertiary/aromatic N) is 2. The van der Waals surface area contributed by atoms with Crippen molar-refractivity contribution in [2.45, 2.75) is 26.4 Å². The second-order valence-corrected chi connectivity index (χ2v) is 7.96. The molecule has 3 aromatic rings. The minimum absolute atomic E-state index is 0.0241. The van der Waals surface area contributed by atoms with Crippen molar-refractivity contribution in [3.05, 3.63) is 94.4 Å². The highest BCUT2D eigenvalue weighted by molar-refractivity contribution is 9.10. The molecule has 0 aliphatic heterocycles. The van der Waals surface area contributed by atoms with Crippen LogP contribution < -0.4 is 0 Å². The van der Waals surface area contributed by atoms with E-state index in [4.69, 9.17) is 4.42 Å². The van der Waals surface area contributed by atoms with Gasteiger partial charge in [-0.3, -0.25) is 9.59 Å². The fourth-order valence-corrected chi connectivity index (χ4v) is 3.45. The highest BCUT2D eigenvalue weighted by atomic mass is 79.9. The van der Waals surface area contributed by atoms with Gasteiger partial charge in [0.05, 0.1) is 12.8 Å². The molecule has 1 heterocycles. The minimum atomic E-state index is -0.143. The number of carbonyl (C=O) groups is 2. The molecule has 2 aromatic carbocycles. The Balaban J connectivity index is 1.76. The van der Waals surface area contributed by atoms with Gasteiger partial charge in [0.1, 0.15) is 12.3 Å². The lowest BCUT2D eigenvalue weighted by molar-refractivity contribution is -0.133. The molecule has 0 radical (unpaired) electrons. The maximum Gasteiger partial charge on any atom is 0.254 e.